The Morgan fingerprint density at radius 2 is 1.88 bits per heavy atom. The van der Waals surface area contributed by atoms with E-state index in [1.165, 1.54) is 0 Å². The van der Waals surface area contributed by atoms with Crippen LogP contribution in [0.5, 0.6) is 0 Å². The number of aromatic nitrogens is 4. The second-order valence-electron chi connectivity index (χ2n) is 4.73. The first-order valence-electron chi connectivity index (χ1n) is 5.74. The highest BCUT2D eigenvalue weighted by Gasteiger charge is 2.20. The fourth-order valence-electron chi connectivity index (χ4n) is 2.15. The Kier molecular flexibility index (Phi) is 2.69. The average molecular weight is 233 g/mol. The van der Waals surface area contributed by atoms with Crippen LogP contribution in [0.3, 0.4) is 0 Å². The van der Waals surface area contributed by atoms with Crippen molar-refractivity contribution in [3.8, 4) is 11.3 Å². The number of hydrogen-bond donors (Lipinski definition) is 1. The van der Waals surface area contributed by atoms with E-state index in [0.29, 0.717) is 5.92 Å². The van der Waals surface area contributed by atoms with Crippen molar-refractivity contribution in [1.29, 1.82) is 0 Å². The molecule has 92 valence electrons. The Balaban J connectivity index is 2.67. The highest BCUT2D eigenvalue weighted by atomic mass is 15.3. The van der Waals surface area contributed by atoms with Crippen molar-refractivity contribution in [3.63, 3.8) is 0 Å². The molecular weight excluding hydrogens is 214 g/mol. The third-order valence-corrected chi connectivity index (χ3v) is 2.98. The van der Waals surface area contributed by atoms with Gasteiger partial charge in [0.1, 0.15) is 11.5 Å². The molecule has 0 atom stereocenters. The van der Waals surface area contributed by atoms with Crippen molar-refractivity contribution < 1.29 is 0 Å². The first-order valence-corrected chi connectivity index (χ1v) is 5.74. The second kappa shape index (κ2) is 3.91. The maximum absolute atomic E-state index is 6.07. The van der Waals surface area contributed by atoms with Crippen LogP contribution in [-0.2, 0) is 14.1 Å². The van der Waals surface area contributed by atoms with Gasteiger partial charge < -0.3 is 5.73 Å². The first-order chi connectivity index (χ1) is 7.91. The van der Waals surface area contributed by atoms with Crippen molar-refractivity contribution >= 4 is 5.82 Å². The van der Waals surface area contributed by atoms with E-state index in [4.69, 9.17) is 5.73 Å². The third-order valence-electron chi connectivity index (χ3n) is 2.98. The van der Waals surface area contributed by atoms with Gasteiger partial charge in [-0.15, -0.1) is 0 Å². The molecule has 2 aromatic heterocycles. The van der Waals surface area contributed by atoms with Gasteiger partial charge in [0.2, 0.25) is 0 Å². The fourth-order valence-corrected chi connectivity index (χ4v) is 2.15. The van der Waals surface area contributed by atoms with Gasteiger partial charge in [-0.1, -0.05) is 13.8 Å². The summed E-state index contributed by atoms with van der Waals surface area (Å²) in [5.41, 5.74) is 10.2. The second-order valence-corrected chi connectivity index (χ2v) is 4.73. The minimum Gasteiger partial charge on any atom is -0.384 e. The van der Waals surface area contributed by atoms with E-state index >= 15 is 0 Å². The van der Waals surface area contributed by atoms with E-state index in [-0.39, 0.29) is 0 Å². The van der Waals surface area contributed by atoms with Gasteiger partial charge in [0.25, 0.3) is 0 Å². The van der Waals surface area contributed by atoms with Gasteiger partial charge in [-0.05, 0) is 12.8 Å². The summed E-state index contributed by atoms with van der Waals surface area (Å²) in [5, 5.41) is 8.87. The van der Waals surface area contributed by atoms with Gasteiger partial charge in [-0.2, -0.15) is 10.2 Å². The van der Waals surface area contributed by atoms with Gasteiger partial charge in [0, 0.05) is 31.4 Å². The molecule has 2 rings (SSSR count). The molecule has 5 nitrogen and oxygen atoms in total. The van der Waals surface area contributed by atoms with Crippen LogP contribution < -0.4 is 5.73 Å². The van der Waals surface area contributed by atoms with Crippen molar-refractivity contribution in [3.05, 3.63) is 17.5 Å². The molecule has 0 aliphatic heterocycles. The molecule has 0 spiro atoms. The summed E-state index contributed by atoms with van der Waals surface area (Å²) in [6.45, 7) is 6.25. The van der Waals surface area contributed by atoms with Crippen LogP contribution in [0.2, 0.25) is 0 Å². The van der Waals surface area contributed by atoms with E-state index in [0.717, 1.165) is 28.3 Å². The number of nitrogens with two attached hydrogens (primary N) is 1. The summed E-state index contributed by atoms with van der Waals surface area (Å²) in [6.07, 6.45) is 1.99. The van der Waals surface area contributed by atoms with Gasteiger partial charge in [-0.3, -0.25) is 9.36 Å². The van der Waals surface area contributed by atoms with E-state index in [1.54, 1.807) is 9.36 Å². The highest BCUT2D eigenvalue weighted by molar-refractivity contribution is 5.70. The molecule has 5 heteroatoms. The van der Waals surface area contributed by atoms with Crippen molar-refractivity contribution in [1.82, 2.24) is 19.6 Å². The molecule has 0 aliphatic carbocycles. The Morgan fingerprint density at radius 1 is 1.24 bits per heavy atom. The number of aryl methyl sites for hydroxylation is 3. The molecule has 0 unspecified atom stereocenters. The number of nitrogens with zero attached hydrogens (tertiary/aromatic N) is 4. The SMILES string of the molecule is Cc1nn(C)cc1-c1nn(C)c(N)c1C(C)C. The average Bonchev–Trinajstić information content (AvgIpc) is 2.68. The minimum absolute atomic E-state index is 0.346. The predicted molar refractivity (Wildman–Crippen MR) is 68.6 cm³/mol. The van der Waals surface area contributed by atoms with Crippen LogP contribution in [0.15, 0.2) is 6.20 Å². The third kappa shape index (κ3) is 1.81. The summed E-state index contributed by atoms with van der Waals surface area (Å²) < 4.78 is 3.54. The lowest BCUT2D eigenvalue weighted by Gasteiger charge is -2.06. The van der Waals surface area contributed by atoms with E-state index in [9.17, 15) is 0 Å². The maximum atomic E-state index is 6.07. The van der Waals surface area contributed by atoms with Crippen LogP contribution >= 0.6 is 0 Å². The lowest BCUT2D eigenvalue weighted by atomic mass is 9.99. The number of hydrogen-bond acceptors (Lipinski definition) is 3. The zero-order valence-corrected chi connectivity index (χ0v) is 11.0. The molecular formula is C12H19N5. The summed E-state index contributed by atoms with van der Waals surface area (Å²) in [6, 6.07) is 0. The van der Waals surface area contributed by atoms with Crippen molar-refractivity contribution in [2.45, 2.75) is 26.7 Å². The summed E-state index contributed by atoms with van der Waals surface area (Å²) >= 11 is 0. The quantitative estimate of drug-likeness (QED) is 0.860. The molecule has 0 aliphatic rings. The molecule has 0 radical (unpaired) electrons. The largest absolute Gasteiger partial charge is 0.384 e. The highest BCUT2D eigenvalue weighted by Crippen LogP contribution is 2.33. The molecule has 0 saturated heterocycles. The molecule has 2 heterocycles. The summed E-state index contributed by atoms with van der Waals surface area (Å²) in [5.74, 6) is 1.08. The van der Waals surface area contributed by atoms with Gasteiger partial charge in [-0.25, -0.2) is 0 Å². The van der Waals surface area contributed by atoms with Crippen molar-refractivity contribution in [2.75, 3.05) is 5.73 Å². The molecule has 2 N–H and O–H groups in total. The van der Waals surface area contributed by atoms with E-state index in [1.807, 2.05) is 27.2 Å². The molecule has 17 heavy (non-hydrogen) atoms. The topological polar surface area (TPSA) is 61.7 Å². The zero-order chi connectivity index (χ0) is 12.7. The molecule has 0 bridgehead atoms. The van der Waals surface area contributed by atoms with Crippen LogP contribution in [0.25, 0.3) is 11.3 Å². The lowest BCUT2D eigenvalue weighted by molar-refractivity contribution is 0.756. The lowest BCUT2D eigenvalue weighted by Crippen LogP contribution is -2.00. The Labute approximate surface area is 101 Å². The van der Waals surface area contributed by atoms with Crippen LogP contribution in [0.1, 0.15) is 31.0 Å². The molecule has 0 aromatic carbocycles. The van der Waals surface area contributed by atoms with Crippen LogP contribution in [0, 0.1) is 6.92 Å². The van der Waals surface area contributed by atoms with Gasteiger partial charge >= 0.3 is 0 Å². The Bertz CT molecular complexity index is 547. The predicted octanol–water partition coefficient (Wildman–Crippen LogP) is 1.83. The van der Waals surface area contributed by atoms with Crippen LogP contribution in [-0.4, -0.2) is 19.6 Å². The molecule has 0 amide bonds. The van der Waals surface area contributed by atoms with Gasteiger partial charge in [0.15, 0.2) is 0 Å². The Hall–Kier alpha value is -1.78. The molecule has 0 saturated carbocycles. The summed E-state index contributed by atoms with van der Waals surface area (Å²) in [4.78, 5) is 0. The van der Waals surface area contributed by atoms with E-state index < -0.39 is 0 Å². The number of nitrogen functional groups attached to an aromatic ring is 1. The van der Waals surface area contributed by atoms with Gasteiger partial charge in [0.05, 0.1) is 5.69 Å². The molecule has 0 fully saturated rings. The smallest absolute Gasteiger partial charge is 0.125 e. The summed E-state index contributed by atoms with van der Waals surface area (Å²) in [7, 11) is 3.79. The normalized spacial score (nSPS) is 11.4. The first kappa shape index (κ1) is 11.7. The molecule has 2 aromatic rings. The number of anilines is 1. The Morgan fingerprint density at radius 3 is 2.35 bits per heavy atom. The standard InChI is InChI=1S/C12H19N5/c1-7(2)10-11(15-17(5)12(10)13)9-6-16(4)14-8(9)3/h6-7H,13H2,1-5H3. The minimum atomic E-state index is 0.346. The maximum Gasteiger partial charge on any atom is 0.125 e. The monoisotopic (exact) mass is 233 g/mol. The zero-order valence-electron chi connectivity index (χ0n) is 11.0. The van der Waals surface area contributed by atoms with Crippen LogP contribution in [0.4, 0.5) is 5.82 Å². The fraction of sp³-hybridized carbons (Fsp3) is 0.500. The van der Waals surface area contributed by atoms with Crippen molar-refractivity contribution in [2.24, 2.45) is 14.1 Å². The number of rotatable bonds is 2. The van der Waals surface area contributed by atoms with E-state index in [2.05, 4.69) is 24.0 Å².